The summed E-state index contributed by atoms with van der Waals surface area (Å²) in [6.07, 6.45) is 19.6. The molecule has 0 aromatic rings. The van der Waals surface area contributed by atoms with Crippen LogP contribution >= 0.6 is 7.60 Å². The summed E-state index contributed by atoms with van der Waals surface area (Å²) in [4.78, 5) is 17.6. The van der Waals surface area contributed by atoms with Gasteiger partial charge in [0.25, 0.3) is 0 Å². The Bertz CT molecular complexity index is 381. The highest BCUT2D eigenvalue weighted by atomic mass is 31.2. The highest BCUT2D eigenvalue weighted by molar-refractivity contribution is 7.55. The molecule has 0 aliphatic heterocycles. The molecule has 0 bridgehead atoms. The third kappa shape index (κ3) is 22.0. The average molecular weight is 407 g/mol. The van der Waals surface area contributed by atoms with E-state index < -0.39 is 13.7 Å². The molecule has 27 heavy (non-hydrogen) atoms. The van der Waals surface area contributed by atoms with E-state index in [0.29, 0.717) is 13.2 Å². The van der Waals surface area contributed by atoms with E-state index in [1.54, 1.807) is 0 Å². The van der Waals surface area contributed by atoms with Crippen LogP contribution in [-0.4, -0.2) is 36.2 Å². The van der Waals surface area contributed by atoms with Gasteiger partial charge in [-0.15, -0.1) is 0 Å². The summed E-state index contributed by atoms with van der Waals surface area (Å²) in [6, 6.07) is 0. The Hall–Kier alpha value is -0.190. The zero-order chi connectivity index (χ0) is 20.2. The molecule has 0 aliphatic rings. The van der Waals surface area contributed by atoms with Gasteiger partial charge in [-0.2, -0.15) is 0 Å². The maximum absolute atomic E-state index is 10.8. The van der Waals surface area contributed by atoms with Crippen molar-refractivity contribution in [1.29, 1.82) is 0 Å². The highest BCUT2D eigenvalue weighted by Crippen LogP contribution is 2.36. The first-order valence-corrected chi connectivity index (χ1v) is 12.5. The number of ether oxygens (including phenoxy) is 2. The summed E-state index contributed by atoms with van der Waals surface area (Å²) in [6.45, 7) is 3.26. The molecule has 0 amide bonds. The number of unbranched alkanes of at least 4 members (excludes halogenated alkanes) is 13. The molecule has 0 spiro atoms. The Morgan fingerprint density at radius 1 is 0.815 bits per heavy atom. The van der Waals surface area contributed by atoms with Gasteiger partial charge in [0.2, 0.25) is 0 Å². The van der Waals surface area contributed by atoms with Crippen LogP contribution in [0.5, 0.6) is 0 Å². The monoisotopic (exact) mass is 406 g/mol. The molecule has 5 nitrogen and oxygen atoms in total. The summed E-state index contributed by atoms with van der Waals surface area (Å²) in [5.41, 5.74) is 0. The Balaban J connectivity index is 3.31. The summed E-state index contributed by atoms with van der Waals surface area (Å²) >= 11 is 0. The van der Waals surface area contributed by atoms with Gasteiger partial charge in [-0.05, 0) is 12.5 Å². The van der Waals surface area contributed by atoms with Crippen LogP contribution in [0, 0.1) is 0 Å². The Morgan fingerprint density at radius 2 is 1.26 bits per heavy atom. The van der Waals surface area contributed by atoms with E-state index in [2.05, 4.69) is 6.92 Å². The van der Waals surface area contributed by atoms with Gasteiger partial charge in [0, 0.05) is 19.5 Å². The SMILES string of the molecule is CCCCCCCCCCCCCCCCOCC(C=CP(=O)(O)O)OC. The molecule has 0 saturated heterocycles. The molecule has 6 heteroatoms. The van der Waals surface area contributed by atoms with E-state index in [1.165, 1.54) is 96.7 Å². The van der Waals surface area contributed by atoms with E-state index >= 15 is 0 Å². The van der Waals surface area contributed by atoms with Crippen LogP contribution in [0.2, 0.25) is 0 Å². The van der Waals surface area contributed by atoms with Crippen LogP contribution in [0.15, 0.2) is 11.9 Å². The van der Waals surface area contributed by atoms with Crippen LogP contribution in [0.1, 0.15) is 96.8 Å². The molecule has 0 aromatic heterocycles. The fourth-order valence-corrected chi connectivity index (χ4v) is 3.42. The van der Waals surface area contributed by atoms with Gasteiger partial charge in [-0.1, -0.05) is 90.4 Å². The number of methoxy groups -OCH3 is 1. The minimum atomic E-state index is -4.12. The van der Waals surface area contributed by atoms with Crippen molar-refractivity contribution in [2.24, 2.45) is 0 Å². The molecule has 1 unspecified atom stereocenters. The Labute approximate surface area is 167 Å². The normalized spacial score (nSPS) is 13.5. The fourth-order valence-electron chi connectivity index (χ4n) is 3.01. The summed E-state index contributed by atoms with van der Waals surface area (Å²) < 4.78 is 21.4. The second kappa shape index (κ2) is 19.1. The van der Waals surface area contributed by atoms with Gasteiger partial charge in [0.15, 0.2) is 0 Å². The first-order chi connectivity index (χ1) is 13.0. The lowest BCUT2D eigenvalue weighted by atomic mass is 10.0. The van der Waals surface area contributed by atoms with E-state index in [9.17, 15) is 4.57 Å². The molecule has 0 fully saturated rings. The summed E-state index contributed by atoms with van der Waals surface area (Å²) in [7, 11) is -2.62. The molecule has 0 radical (unpaired) electrons. The highest BCUT2D eigenvalue weighted by Gasteiger charge is 2.09. The number of hydrogen-bond donors (Lipinski definition) is 2. The van der Waals surface area contributed by atoms with Gasteiger partial charge in [0.05, 0.1) is 12.7 Å². The van der Waals surface area contributed by atoms with Crippen molar-refractivity contribution in [3.05, 3.63) is 11.9 Å². The zero-order valence-corrected chi connectivity index (χ0v) is 18.5. The van der Waals surface area contributed by atoms with Gasteiger partial charge in [-0.25, -0.2) is 0 Å². The van der Waals surface area contributed by atoms with Gasteiger partial charge in [-0.3, -0.25) is 4.57 Å². The molecule has 0 aliphatic carbocycles. The molecule has 0 aromatic carbocycles. The second-order valence-corrected chi connectivity index (χ2v) is 8.85. The molecule has 1 atom stereocenters. The van der Waals surface area contributed by atoms with Crippen molar-refractivity contribution < 1.29 is 23.8 Å². The fraction of sp³-hybridized carbons (Fsp3) is 0.905. The smallest absolute Gasteiger partial charge is 0.348 e. The Morgan fingerprint density at radius 3 is 1.67 bits per heavy atom. The first-order valence-electron chi connectivity index (χ1n) is 10.8. The minimum Gasteiger partial charge on any atom is -0.378 e. The third-order valence-electron chi connectivity index (χ3n) is 4.72. The van der Waals surface area contributed by atoms with Crippen LogP contribution in [0.25, 0.3) is 0 Å². The Kier molecular flexibility index (Phi) is 19.0. The molecule has 0 rings (SSSR count). The second-order valence-electron chi connectivity index (χ2n) is 7.38. The lowest BCUT2D eigenvalue weighted by Crippen LogP contribution is -2.16. The quantitative estimate of drug-likeness (QED) is 0.186. The molecule has 0 heterocycles. The number of rotatable bonds is 20. The van der Waals surface area contributed by atoms with Crippen molar-refractivity contribution in [3.8, 4) is 0 Å². The van der Waals surface area contributed by atoms with Gasteiger partial charge < -0.3 is 19.3 Å². The maximum atomic E-state index is 10.8. The standard InChI is InChI=1S/C21H43O5P/c1-3-4-5-6-7-8-9-10-11-12-13-14-15-16-18-26-20-21(25-2)17-19-27(22,23)24/h17,19,21H,3-16,18,20H2,1-2H3,(H2,22,23,24). The predicted octanol–water partition coefficient (Wildman–Crippen LogP) is 6.19. The van der Waals surface area contributed by atoms with Crippen LogP contribution in [0.4, 0.5) is 0 Å². The molecular formula is C21H43O5P. The lowest BCUT2D eigenvalue weighted by Gasteiger charge is -2.11. The largest absolute Gasteiger partial charge is 0.378 e. The van der Waals surface area contributed by atoms with E-state index in [4.69, 9.17) is 19.3 Å². The van der Waals surface area contributed by atoms with Crippen molar-refractivity contribution >= 4 is 7.60 Å². The van der Waals surface area contributed by atoms with Crippen molar-refractivity contribution in [2.75, 3.05) is 20.3 Å². The van der Waals surface area contributed by atoms with Crippen molar-refractivity contribution in [3.63, 3.8) is 0 Å². The van der Waals surface area contributed by atoms with E-state index in [1.807, 2.05) is 0 Å². The van der Waals surface area contributed by atoms with Crippen LogP contribution in [-0.2, 0) is 14.0 Å². The lowest BCUT2D eigenvalue weighted by molar-refractivity contribution is 0.0318. The zero-order valence-electron chi connectivity index (χ0n) is 17.6. The number of hydrogen-bond acceptors (Lipinski definition) is 3. The first kappa shape index (κ1) is 26.8. The van der Waals surface area contributed by atoms with E-state index in [-0.39, 0.29) is 0 Å². The topological polar surface area (TPSA) is 76.0 Å². The average Bonchev–Trinajstić information content (AvgIpc) is 2.63. The van der Waals surface area contributed by atoms with Crippen LogP contribution in [0.3, 0.4) is 0 Å². The van der Waals surface area contributed by atoms with Crippen molar-refractivity contribution in [2.45, 2.75) is 103 Å². The van der Waals surface area contributed by atoms with Gasteiger partial charge in [0.1, 0.15) is 0 Å². The van der Waals surface area contributed by atoms with Gasteiger partial charge >= 0.3 is 7.60 Å². The summed E-state index contributed by atoms with van der Waals surface area (Å²) in [5, 5.41) is 0. The molecule has 0 saturated carbocycles. The van der Waals surface area contributed by atoms with E-state index in [0.717, 1.165) is 12.2 Å². The molecule has 162 valence electrons. The molecular weight excluding hydrogens is 363 g/mol. The minimum absolute atomic E-state index is 0.325. The molecule has 2 N–H and O–H groups in total. The van der Waals surface area contributed by atoms with Crippen molar-refractivity contribution in [1.82, 2.24) is 0 Å². The third-order valence-corrected chi connectivity index (χ3v) is 5.28. The summed E-state index contributed by atoms with van der Waals surface area (Å²) in [5.74, 6) is 0.872. The predicted molar refractivity (Wildman–Crippen MR) is 113 cm³/mol. The van der Waals surface area contributed by atoms with Crippen LogP contribution < -0.4 is 0 Å². The maximum Gasteiger partial charge on any atom is 0.348 e.